The maximum Gasteiger partial charge on any atom is 0.218 e. The minimum atomic E-state index is -2.13. The number of rotatable bonds is 4. The quantitative estimate of drug-likeness (QED) is 0.626. The van der Waals surface area contributed by atoms with Crippen molar-refractivity contribution in [3.63, 3.8) is 0 Å². The van der Waals surface area contributed by atoms with Gasteiger partial charge in [-0.2, -0.15) is 4.74 Å². The number of allylic oxidation sites excluding steroid dienone is 1. The summed E-state index contributed by atoms with van der Waals surface area (Å²) < 4.78 is 16.5. The molecule has 0 amide bonds. The van der Waals surface area contributed by atoms with Crippen LogP contribution in [0.4, 0.5) is 0 Å². The van der Waals surface area contributed by atoms with Crippen LogP contribution in [0, 0.1) is 0 Å². The van der Waals surface area contributed by atoms with Crippen LogP contribution in [-0.2, 0) is 0 Å². The van der Waals surface area contributed by atoms with E-state index in [0.717, 1.165) is 85.0 Å². The Hall–Kier alpha value is -0.760. The van der Waals surface area contributed by atoms with Crippen LogP contribution >= 0.6 is 7.51 Å². The van der Waals surface area contributed by atoms with E-state index in [1.165, 1.54) is 17.1 Å². The molecular formula is C21H41N8P. The lowest BCUT2D eigenvalue weighted by Crippen LogP contribution is -2.50. The van der Waals surface area contributed by atoms with Crippen molar-refractivity contribution in [2.75, 3.05) is 99.7 Å². The maximum atomic E-state index is 5.66. The number of piperazine rings is 3. The highest BCUT2D eigenvalue weighted by molar-refractivity contribution is 7.60. The normalized spacial score (nSPS) is 28.6. The molecule has 0 aromatic rings. The monoisotopic (exact) mass is 436 g/mol. The van der Waals surface area contributed by atoms with Gasteiger partial charge in [-0.25, -0.2) is 14.1 Å². The Kier molecular flexibility index (Phi) is 7.02. The molecule has 0 aromatic heterocycles. The summed E-state index contributed by atoms with van der Waals surface area (Å²) in [4.78, 5) is 9.84. The van der Waals surface area contributed by atoms with Crippen LogP contribution in [0.5, 0.6) is 0 Å². The number of hydrogen-bond acceptors (Lipinski definition) is 8. The van der Waals surface area contributed by atoms with Crippen LogP contribution < -0.4 is 0 Å². The minimum absolute atomic E-state index is 0.988. The van der Waals surface area contributed by atoms with E-state index in [4.69, 9.17) is 9.51 Å². The molecule has 4 rings (SSSR count). The SMILES string of the molecule is CCC1=NP(N2CCN(C)CC2)(N2CCN(C)CC2)=NC(N2CCN(C)CC2)=C1C. The van der Waals surface area contributed by atoms with Crippen molar-refractivity contribution < 1.29 is 0 Å². The van der Waals surface area contributed by atoms with Gasteiger partial charge < -0.3 is 19.6 Å². The van der Waals surface area contributed by atoms with Crippen LogP contribution in [0.3, 0.4) is 0 Å². The Balaban J connectivity index is 1.76. The molecule has 4 heterocycles. The van der Waals surface area contributed by atoms with Crippen molar-refractivity contribution in [1.29, 1.82) is 0 Å². The lowest BCUT2D eigenvalue weighted by Gasteiger charge is -2.48. The van der Waals surface area contributed by atoms with E-state index in [1.807, 2.05) is 0 Å². The summed E-state index contributed by atoms with van der Waals surface area (Å²) in [6, 6.07) is 0. The van der Waals surface area contributed by atoms with E-state index in [9.17, 15) is 0 Å². The fourth-order valence-corrected chi connectivity index (χ4v) is 8.29. The molecule has 0 spiro atoms. The van der Waals surface area contributed by atoms with Crippen molar-refractivity contribution in [2.24, 2.45) is 9.51 Å². The Bertz CT molecular complexity index is 697. The summed E-state index contributed by atoms with van der Waals surface area (Å²) in [6.45, 7) is 17.5. The first-order chi connectivity index (χ1) is 14.4. The second-order valence-electron chi connectivity index (χ2n) is 9.29. The second kappa shape index (κ2) is 9.39. The van der Waals surface area contributed by atoms with Gasteiger partial charge in [-0.15, -0.1) is 0 Å². The van der Waals surface area contributed by atoms with Crippen molar-refractivity contribution in [2.45, 2.75) is 20.3 Å². The molecule has 9 heteroatoms. The smallest absolute Gasteiger partial charge is 0.218 e. The zero-order valence-electron chi connectivity index (χ0n) is 19.7. The topological polar surface area (TPSA) is 44.2 Å². The molecule has 0 saturated carbocycles. The molecule has 0 bridgehead atoms. The third-order valence-corrected chi connectivity index (χ3v) is 10.4. The first-order valence-corrected chi connectivity index (χ1v) is 13.3. The number of nitrogens with zero attached hydrogens (tertiary/aromatic N) is 8. The largest absolute Gasteiger partial charge is 0.354 e. The Morgan fingerprint density at radius 3 is 1.57 bits per heavy atom. The van der Waals surface area contributed by atoms with Crippen LogP contribution in [0.1, 0.15) is 20.3 Å². The van der Waals surface area contributed by atoms with E-state index in [0.29, 0.717) is 0 Å². The molecule has 3 fully saturated rings. The standard InChI is InChI=1S/C21H41N8P/c1-6-20-19(2)21(27-13-7-24(3)8-14-27)23-30(22-20,28-15-9-25(4)10-16-28)29-17-11-26(5)12-18-29/h6-18H2,1-5H3. The fourth-order valence-electron chi connectivity index (χ4n) is 4.81. The summed E-state index contributed by atoms with van der Waals surface area (Å²) in [6.07, 6.45) is 0.988. The number of likely N-dealkylation sites (N-methyl/N-ethyl adjacent to an activating group) is 3. The minimum Gasteiger partial charge on any atom is -0.354 e. The lowest BCUT2D eigenvalue weighted by atomic mass is 10.1. The number of hydrogen-bond donors (Lipinski definition) is 0. The molecule has 0 unspecified atom stereocenters. The Labute approximate surface area is 183 Å². The summed E-state index contributed by atoms with van der Waals surface area (Å²) in [7, 11) is 4.56. The highest BCUT2D eigenvalue weighted by Gasteiger charge is 2.41. The van der Waals surface area contributed by atoms with Crippen LogP contribution in [0.25, 0.3) is 0 Å². The van der Waals surface area contributed by atoms with Gasteiger partial charge in [0.1, 0.15) is 5.82 Å². The van der Waals surface area contributed by atoms with Crippen LogP contribution in [0.2, 0.25) is 0 Å². The van der Waals surface area contributed by atoms with Crippen LogP contribution in [0.15, 0.2) is 20.9 Å². The van der Waals surface area contributed by atoms with Gasteiger partial charge in [0.25, 0.3) is 0 Å². The van der Waals surface area contributed by atoms with E-state index in [-0.39, 0.29) is 0 Å². The summed E-state index contributed by atoms with van der Waals surface area (Å²) in [5, 5.41) is 0. The fraction of sp³-hybridized carbons (Fsp3) is 0.857. The second-order valence-corrected chi connectivity index (χ2v) is 11.9. The molecule has 0 N–H and O–H groups in total. The molecule has 8 nitrogen and oxygen atoms in total. The highest BCUT2D eigenvalue weighted by Crippen LogP contribution is 2.61. The van der Waals surface area contributed by atoms with Crippen molar-refractivity contribution >= 4 is 13.2 Å². The van der Waals surface area contributed by atoms with Gasteiger partial charge >= 0.3 is 0 Å². The van der Waals surface area contributed by atoms with E-state index < -0.39 is 7.51 Å². The maximum absolute atomic E-state index is 5.66. The first-order valence-electron chi connectivity index (χ1n) is 11.7. The average molecular weight is 437 g/mol. The van der Waals surface area contributed by atoms with Crippen molar-refractivity contribution in [3.8, 4) is 0 Å². The molecule has 4 aliphatic heterocycles. The molecule has 3 saturated heterocycles. The van der Waals surface area contributed by atoms with Crippen molar-refractivity contribution in [1.82, 2.24) is 28.9 Å². The summed E-state index contributed by atoms with van der Waals surface area (Å²) in [5.74, 6) is 1.24. The summed E-state index contributed by atoms with van der Waals surface area (Å²) >= 11 is 0. The van der Waals surface area contributed by atoms with Gasteiger partial charge in [-0.05, 0) is 34.5 Å². The van der Waals surface area contributed by atoms with E-state index in [2.05, 4.69) is 63.9 Å². The lowest BCUT2D eigenvalue weighted by molar-refractivity contribution is 0.181. The third-order valence-electron chi connectivity index (χ3n) is 7.11. The van der Waals surface area contributed by atoms with Gasteiger partial charge in [-0.1, -0.05) is 6.92 Å². The van der Waals surface area contributed by atoms with Gasteiger partial charge in [-0.3, -0.25) is 0 Å². The van der Waals surface area contributed by atoms with Gasteiger partial charge in [0.2, 0.25) is 7.51 Å². The Morgan fingerprint density at radius 2 is 1.13 bits per heavy atom. The van der Waals surface area contributed by atoms with E-state index >= 15 is 0 Å². The van der Waals surface area contributed by atoms with Crippen LogP contribution in [-0.4, -0.2) is 134 Å². The molecule has 0 aromatic carbocycles. The molecule has 170 valence electrons. The molecule has 0 aliphatic carbocycles. The van der Waals surface area contributed by atoms with E-state index in [1.54, 1.807) is 0 Å². The molecule has 4 aliphatic rings. The highest BCUT2D eigenvalue weighted by atomic mass is 31.2. The van der Waals surface area contributed by atoms with Gasteiger partial charge in [0.05, 0.1) is 0 Å². The first kappa shape index (κ1) is 22.4. The molecule has 0 radical (unpaired) electrons. The average Bonchev–Trinajstić information content (AvgIpc) is 2.76. The predicted molar refractivity (Wildman–Crippen MR) is 127 cm³/mol. The summed E-state index contributed by atoms with van der Waals surface area (Å²) in [5.41, 5.74) is 2.59. The zero-order chi connectivity index (χ0) is 21.3. The zero-order valence-corrected chi connectivity index (χ0v) is 20.6. The Morgan fingerprint density at radius 1 is 0.700 bits per heavy atom. The van der Waals surface area contributed by atoms with Crippen molar-refractivity contribution in [3.05, 3.63) is 11.4 Å². The third kappa shape index (κ3) is 4.41. The van der Waals surface area contributed by atoms with Gasteiger partial charge in [0.15, 0.2) is 0 Å². The van der Waals surface area contributed by atoms with Gasteiger partial charge in [0, 0.05) is 89.8 Å². The molecule has 0 atom stereocenters. The molecular weight excluding hydrogens is 395 g/mol. The predicted octanol–water partition coefficient (Wildman–Crippen LogP) is 1.77. The molecule has 30 heavy (non-hydrogen) atoms.